The highest BCUT2D eigenvalue weighted by Crippen LogP contribution is 2.24. The Morgan fingerprint density at radius 3 is 2.28 bits per heavy atom. The third kappa shape index (κ3) is 10.8. The number of unbranched alkanes of at least 4 members (excludes halogenated alkanes) is 1. The van der Waals surface area contributed by atoms with Crippen LogP contribution in [0.15, 0.2) is 36.4 Å². The highest BCUT2D eigenvalue weighted by molar-refractivity contribution is 7.85. The Labute approximate surface area is 176 Å². The van der Waals surface area contributed by atoms with Gasteiger partial charge in [-0.15, -0.1) is 0 Å². The first-order valence-corrected chi connectivity index (χ1v) is 11.0. The maximum absolute atomic E-state index is 10.4. The molecule has 0 fully saturated rings. The van der Waals surface area contributed by atoms with Crippen molar-refractivity contribution in [2.45, 2.75) is 25.7 Å². The van der Waals surface area contributed by atoms with Crippen LogP contribution in [0.25, 0.3) is 0 Å². The van der Waals surface area contributed by atoms with Crippen molar-refractivity contribution in [1.29, 1.82) is 0 Å². The number of ether oxygens (including phenoxy) is 1. The minimum Gasteiger partial charge on any atom is -0.491 e. The number of halogens is 1. The van der Waals surface area contributed by atoms with Crippen LogP contribution in [-0.2, 0) is 16.5 Å². The maximum atomic E-state index is 10.4. The second-order valence-electron chi connectivity index (χ2n) is 6.32. The van der Waals surface area contributed by atoms with E-state index >= 15 is 0 Å². The van der Waals surface area contributed by atoms with Gasteiger partial charge in [-0.2, -0.15) is 8.42 Å². The van der Waals surface area contributed by atoms with Crippen LogP contribution >= 0.6 is 11.6 Å². The summed E-state index contributed by atoms with van der Waals surface area (Å²) in [5.74, 6) is 0.222. The van der Waals surface area contributed by atoms with Crippen LogP contribution < -0.4 is 21.9 Å². The molecule has 0 saturated carbocycles. The van der Waals surface area contributed by atoms with E-state index in [2.05, 4.69) is 0 Å². The molecule has 2 aromatic rings. The van der Waals surface area contributed by atoms with Gasteiger partial charge in [0.2, 0.25) is 0 Å². The van der Waals surface area contributed by atoms with Gasteiger partial charge in [0.1, 0.15) is 5.75 Å². The third-order valence-corrected chi connectivity index (χ3v) is 4.94. The zero-order valence-electron chi connectivity index (χ0n) is 16.1. The summed E-state index contributed by atoms with van der Waals surface area (Å²) in [7, 11) is -3.88. The van der Waals surface area contributed by atoms with Gasteiger partial charge in [-0.25, -0.2) is 0 Å². The Bertz CT molecular complexity index is 878. The molecule has 2 rings (SSSR count). The third-order valence-electron chi connectivity index (χ3n) is 3.77. The fourth-order valence-electron chi connectivity index (χ4n) is 2.30. The SMILES string of the molecule is Nc1ccc(Cl)c(CCCO)c1.Nc1ccc(N)c(OCCCCS(=O)(=O)O)c1. The van der Waals surface area contributed by atoms with E-state index in [9.17, 15) is 8.42 Å². The van der Waals surface area contributed by atoms with Gasteiger partial charge < -0.3 is 27.0 Å². The Morgan fingerprint density at radius 2 is 1.62 bits per heavy atom. The maximum Gasteiger partial charge on any atom is 0.264 e. The normalized spacial score (nSPS) is 10.9. The summed E-state index contributed by atoms with van der Waals surface area (Å²) in [6.07, 6.45) is 2.35. The summed E-state index contributed by atoms with van der Waals surface area (Å²) in [6, 6.07) is 10.3. The quantitative estimate of drug-likeness (QED) is 0.223. The van der Waals surface area contributed by atoms with Crippen LogP contribution in [0, 0.1) is 0 Å². The van der Waals surface area contributed by atoms with E-state index in [1.165, 1.54) is 0 Å². The number of aliphatic hydroxyl groups is 1. The first-order valence-electron chi connectivity index (χ1n) is 9.00. The Balaban J connectivity index is 0.000000308. The van der Waals surface area contributed by atoms with Crippen molar-refractivity contribution < 1.29 is 22.8 Å². The van der Waals surface area contributed by atoms with Gasteiger partial charge in [0.15, 0.2) is 0 Å². The number of nitrogens with two attached hydrogens (primary N) is 3. The second kappa shape index (κ2) is 12.4. The molecule has 0 radical (unpaired) electrons. The second-order valence-corrected chi connectivity index (χ2v) is 8.30. The van der Waals surface area contributed by atoms with E-state index in [1.807, 2.05) is 6.07 Å². The van der Waals surface area contributed by atoms with Crippen LogP contribution in [0.1, 0.15) is 24.8 Å². The highest BCUT2D eigenvalue weighted by atomic mass is 35.5. The molecule has 0 heterocycles. The largest absolute Gasteiger partial charge is 0.491 e. The summed E-state index contributed by atoms with van der Waals surface area (Å²) in [6.45, 7) is 0.508. The van der Waals surface area contributed by atoms with Crippen molar-refractivity contribution in [1.82, 2.24) is 0 Å². The van der Waals surface area contributed by atoms with Crippen molar-refractivity contribution in [3.63, 3.8) is 0 Å². The van der Waals surface area contributed by atoms with Crippen molar-refractivity contribution in [2.24, 2.45) is 0 Å². The van der Waals surface area contributed by atoms with Gasteiger partial charge >= 0.3 is 0 Å². The van der Waals surface area contributed by atoms with Gasteiger partial charge in [0.25, 0.3) is 10.1 Å². The first kappa shape index (κ1) is 24.8. The molecule has 0 aliphatic heterocycles. The van der Waals surface area contributed by atoms with Crippen molar-refractivity contribution >= 4 is 38.8 Å². The molecule has 8 N–H and O–H groups in total. The Morgan fingerprint density at radius 1 is 0.966 bits per heavy atom. The number of benzene rings is 2. The lowest BCUT2D eigenvalue weighted by Gasteiger charge is -2.09. The Hall–Kier alpha value is -2.20. The molecule has 0 atom stereocenters. The molecule has 0 unspecified atom stereocenters. The average molecular weight is 446 g/mol. The number of hydrogen-bond donors (Lipinski definition) is 5. The summed E-state index contributed by atoms with van der Waals surface area (Å²) >= 11 is 5.89. The molecular formula is C19H28ClN3O5S. The zero-order chi connectivity index (χ0) is 21.9. The summed E-state index contributed by atoms with van der Waals surface area (Å²) in [4.78, 5) is 0. The number of hydrogen-bond acceptors (Lipinski definition) is 7. The molecule has 0 spiro atoms. The molecule has 0 saturated heterocycles. The Kier molecular flexibility index (Phi) is 10.6. The summed E-state index contributed by atoms with van der Waals surface area (Å²) in [5, 5.41) is 9.33. The lowest BCUT2D eigenvalue weighted by Crippen LogP contribution is -2.06. The van der Waals surface area contributed by atoms with Gasteiger partial charge in [0.05, 0.1) is 18.0 Å². The molecule has 29 heavy (non-hydrogen) atoms. The predicted octanol–water partition coefficient (Wildman–Crippen LogP) is 2.74. The van der Waals surface area contributed by atoms with Crippen LogP contribution in [0.5, 0.6) is 5.75 Å². The van der Waals surface area contributed by atoms with Crippen molar-refractivity contribution in [3.8, 4) is 5.75 Å². The van der Waals surface area contributed by atoms with E-state index in [0.717, 1.165) is 23.4 Å². The lowest BCUT2D eigenvalue weighted by molar-refractivity contribution is 0.288. The number of aryl methyl sites for hydroxylation is 1. The van der Waals surface area contributed by atoms with Crippen LogP contribution in [0.2, 0.25) is 5.02 Å². The molecule has 0 aromatic heterocycles. The zero-order valence-corrected chi connectivity index (χ0v) is 17.6. The smallest absolute Gasteiger partial charge is 0.264 e. The minimum absolute atomic E-state index is 0.186. The van der Waals surface area contributed by atoms with Gasteiger partial charge in [-0.1, -0.05) is 11.6 Å². The molecule has 0 aliphatic carbocycles. The van der Waals surface area contributed by atoms with Crippen molar-refractivity contribution in [3.05, 3.63) is 47.0 Å². The fourth-order valence-corrected chi connectivity index (χ4v) is 3.08. The first-order chi connectivity index (χ1) is 13.6. The fraction of sp³-hybridized carbons (Fsp3) is 0.368. The summed E-state index contributed by atoms with van der Waals surface area (Å²) < 4.78 is 34.7. The molecular weight excluding hydrogens is 418 g/mol. The van der Waals surface area contributed by atoms with E-state index in [-0.39, 0.29) is 12.4 Å². The van der Waals surface area contributed by atoms with Crippen LogP contribution in [-0.4, -0.2) is 37.0 Å². The molecule has 0 amide bonds. The van der Waals surface area contributed by atoms with E-state index in [0.29, 0.717) is 42.3 Å². The van der Waals surface area contributed by atoms with E-state index in [4.69, 9.17) is 43.2 Å². The topological polar surface area (TPSA) is 162 Å². The number of anilines is 3. The van der Waals surface area contributed by atoms with Gasteiger partial charge in [-0.3, -0.25) is 4.55 Å². The lowest BCUT2D eigenvalue weighted by atomic mass is 10.1. The van der Waals surface area contributed by atoms with Gasteiger partial charge in [-0.05, 0) is 61.6 Å². The average Bonchev–Trinajstić information content (AvgIpc) is 2.64. The minimum atomic E-state index is -3.88. The molecule has 162 valence electrons. The number of aliphatic hydroxyl groups excluding tert-OH is 1. The molecule has 0 bridgehead atoms. The molecule has 0 aliphatic rings. The van der Waals surface area contributed by atoms with Crippen LogP contribution in [0.3, 0.4) is 0 Å². The highest BCUT2D eigenvalue weighted by Gasteiger charge is 2.05. The van der Waals surface area contributed by atoms with E-state index in [1.54, 1.807) is 30.3 Å². The monoisotopic (exact) mass is 445 g/mol. The molecule has 2 aromatic carbocycles. The molecule has 8 nitrogen and oxygen atoms in total. The molecule has 10 heteroatoms. The number of rotatable bonds is 9. The standard InChI is InChI=1S/C10H16N2O4S.C9H12ClNO/c11-8-3-4-9(12)10(7-8)16-5-1-2-6-17(13,14)15;10-9-4-3-8(11)6-7(9)2-1-5-12/h3-4,7H,1-2,5-6,11-12H2,(H,13,14,15);3-4,6,12H,1-2,5,11H2. The van der Waals surface area contributed by atoms with Crippen LogP contribution in [0.4, 0.5) is 17.1 Å². The predicted molar refractivity (Wildman–Crippen MR) is 118 cm³/mol. The van der Waals surface area contributed by atoms with Crippen molar-refractivity contribution in [2.75, 3.05) is 36.2 Å². The van der Waals surface area contributed by atoms with E-state index < -0.39 is 10.1 Å². The number of nitrogen functional groups attached to an aromatic ring is 3. The van der Waals surface area contributed by atoms with Gasteiger partial charge in [0, 0.05) is 29.1 Å². The summed E-state index contributed by atoms with van der Waals surface area (Å²) in [5.41, 5.74) is 19.6.